The molecule has 1 aliphatic rings. The van der Waals surface area contributed by atoms with Gasteiger partial charge in [-0.2, -0.15) is 0 Å². The van der Waals surface area contributed by atoms with Crippen molar-refractivity contribution < 1.29 is 4.79 Å². The molecule has 1 unspecified atom stereocenters. The smallest absolute Gasteiger partial charge is 0.234 e. The molecule has 1 saturated carbocycles. The molecule has 1 heterocycles. The molecular weight excluding hydrogens is 226 g/mol. The first-order valence-electron chi connectivity index (χ1n) is 6.69. The van der Waals surface area contributed by atoms with Crippen LogP contribution in [0.2, 0.25) is 0 Å². The Morgan fingerprint density at radius 2 is 2.22 bits per heavy atom. The molecule has 1 aromatic rings. The SMILES string of the molecule is CC(NC(=O)CNC1CCCC1)c1ccccn1. The molecule has 98 valence electrons. The van der Waals surface area contributed by atoms with Crippen LogP contribution in [0.5, 0.6) is 0 Å². The molecular formula is C14H21N3O. The number of aromatic nitrogens is 1. The van der Waals surface area contributed by atoms with Crippen LogP contribution >= 0.6 is 0 Å². The van der Waals surface area contributed by atoms with Gasteiger partial charge < -0.3 is 10.6 Å². The fourth-order valence-corrected chi connectivity index (χ4v) is 2.37. The van der Waals surface area contributed by atoms with E-state index in [-0.39, 0.29) is 11.9 Å². The highest BCUT2D eigenvalue weighted by molar-refractivity contribution is 5.78. The predicted octanol–water partition coefficient (Wildman–Crippen LogP) is 1.79. The maximum atomic E-state index is 11.8. The van der Waals surface area contributed by atoms with Crippen LogP contribution in [0.1, 0.15) is 44.3 Å². The van der Waals surface area contributed by atoms with E-state index in [1.54, 1.807) is 6.20 Å². The third kappa shape index (κ3) is 3.81. The maximum Gasteiger partial charge on any atom is 0.234 e. The maximum absolute atomic E-state index is 11.8. The average Bonchev–Trinajstić information content (AvgIpc) is 2.90. The first-order chi connectivity index (χ1) is 8.75. The normalized spacial score (nSPS) is 17.6. The molecule has 1 atom stereocenters. The molecule has 4 heteroatoms. The van der Waals surface area contributed by atoms with Crippen LogP contribution in [-0.4, -0.2) is 23.5 Å². The number of amides is 1. The van der Waals surface area contributed by atoms with Crippen molar-refractivity contribution in [1.29, 1.82) is 0 Å². The molecule has 0 bridgehead atoms. The number of rotatable bonds is 5. The van der Waals surface area contributed by atoms with Crippen molar-refractivity contribution in [1.82, 2.24) is 15.6 Å². The minimum absolute atomic E-state index is 0.0379. The third-order valence-corrected chi connectivity index (χ3v) is 3.42. The van der Waals surface area contributed by atoms with Gasteiger partial charge in [0.25, 0.3) is 0 Å². The van der Waals surface area contributed by atoms with E-state index < -0.39 is 0 Å². The van der Waals surface area contributed by atoms with Crippen LogP contribution in [0.15, 0.2) is 24.4 Å². The summed E-state index contributed by atoms with van der Waals surface area (Å²) < 4.78 is 0. The molecule has 1 amide bonds. The second kappa shape index (κ2) is 6.50. The Morgan fingerprint density at radius 1 is 1.44 bits per heavy atom. The highest BCUT2D eigenvalue weighted by atomic mass is 16.1. The van der Waals surface area contributed by atoms with Gasteiger partial charge in [-0.25, -0.2) is 0 Å². The summed E-state index contributed by atoms with van der Waals surface area (Å²) in [7, 11) is 0. The van der Waals surface area contributed by atoms with E-state index in [4.69, 9.17) is 0 Å². The Bertz CT molecular complexity index is 374. The zero-order valence-electron chi connectivity index (χ0n) is 10.9. The van der Waals surface area contributed by atoms with E-state index >= 15 is 0 Å². The van der Waals surface area contributed by atoms with Gasteiger partial charge in [0.15, 0.2) is 0 Å². The van der Waals surface area contributed by atoms with Crippen molar-refractivity contribution in [2.75, 3.05) is 6.54 Å². The summed E-state index contributed by atoms with van der Waals surface area (Å²) in [5.74, 6) is 0.0417. The third-order valence-electron chi connectivity index (χ3n) is 3.42. The second-order valence-electron chi connectivity index (χ2n) is 4.91. The molecule has 0 radical (unpaired) electrons. The zero-order valence-corrected chi connectivity index (χ0v) is 10.9. The minimum atomic E-state index is -0.0379. The largest absolute Gasteiger partial charge is 0.347 e. The second-order valence-corrected chi connectivity index (χ2v) is 4.91. The number of pyridine rings is 1. The standard InChI is InChI=1S/C14H21N3O/c1-11(13-8-4-5-9-15-13)17-14(18)10-16-12-6-2-3-7-12/h4-5,8-9,11-12,16H,2-3,6-7,10H2,1H3,(H,17,18). The lowest BCUT2D eigenvalue weighted by molar-refractivity contribution is -0.121. The molecule has 1 aromatic heterocycles. The molecule has 18 heavy (non-hydrogen) atoms. The predicted molar refractivity (Wildman–Crippen MR) is 71.1 cm³/mol. The fourth-order valence-electron chi connectivity index (χ4n) is 2.37. The Kier molecular flexibility index (Phi) is 4.70. The molecule has 0 aliphatic heterocycles. The van der Waals surface area contributed by atoms with E-state index in [2.05, 4.69) is 15.6 Å². The summed E-state index contributed by atoms with van der Waals surface area (Å²) in [4.78, 5) is 16.0. The van der Waals surface area contributed by atoms with Gasteiger partial charge in [-0.15, -0.1) is 0 Å². The van der Waals surface area contributed by atoms with Crippen LogP contribution in [0.4, 0.5) is 0 Å². The van der Waals surface area contributed by atoms with Crippen LogP contribution < -0.4 is 10.6 Å². The van der Waals surface area contributed by atoms with E-state index in [1.165, 1.54) is 25.7 Å². The van der Waals surface area contributed by atoms with Crippen molar-refractivity contribution in [3.05, 3.63) is 30.1 Å². The molecule has 1 fully saturated rings. The molecule has 4 nitrogen and oxygen atoms in total. The summed E-state index contributed by atoms with van der Waals surface area (Å²) >= 11 is 0. The van der Waals surface area contributed by atoms with Gasteiger partial charge in [0, 0.05) is 12.2 Å². The van der Waals surface area contributed by atoms with E-state index in [9.17, 15) is 4.79 Å². The molecule has 0 saturated heterocycles. The topological polar surface area (TPSA) is 54.0 Å². The minimum Gasteiger partial charge on any atom is -0.347 e. The first kappa shape index (κ1) is 13.0. The van der Waals surface area contributed by atoms with Crippen molar-refractivity contribution in [2.45, 2.75) is 44.7 Å². The Morgan fingerprint density at radius 3 is 2.89 bits per heavy atom. The Labute approximate surface area is 108 Å². The lowest BCUT2D eigenvalue weighted by Gasteiger charge is -2.15. The summed E-state index contributed by atoms with van der Waals surface area (Å²) in [5.41, 5.74) is 0.895. The number of carbonyl (C=O) groups is 1. The van der Waals surface area contributed by atoms with Gasteiger partial charge in [0.05, 0.1) is 18.3 Å². The highest BCUT2D eigenvalue weighted by Gasteiger charge is 2.16. The highest BCUT2D eigenvalue weighted by Crippen LogP contribution is 2.17. The average molecular weight is 247 g/mol. The van der Waals surface area contributed by atoms with E-state index in [0.29, 0.717) is 12.6 Å². The Hall–Kier alpha value is -1.42. The number of carbonyl (C=O) groups excluding carboxylic acids is 1. The van der Waals surface area contributed by atoms with Gasteiger partial charge in [0.1, 0.15) is 0 Å². The first-order valence-corrected chi connectivity index (χ1v) is 6.69. The molecule has 0 aromatic carbocycles. The number of nitrogens with one attached hydrogen (secondary N) is 2. The van der Waals surface area contributed by atoms with Gasteiger partial charge in [0.2, 0.25) is 5.91 Å². The van der Waals surface area contributed by atoms with Crippen LogP contribution in [0, 0.1) is 0 Å². The van der Waals surface area contributed by atoms with Crippen LogP contribution in [0.3, 0.4) is 0 Å². The quantitative estimate of drug-likeness (QED) is 0.834. The van der Waals surface area contributed by atoms with Crippen LogP contribution in [0.25, 0.3) is 0 Å². The molecule has 1 aliphatic carbocycles. The summed E-state index contributed by atoms with van der Waals surface area (Å²) in [6.45, 7) is 2.36. The Balaban J connectivity index is 1.73. The van der Waals surface area contributed by atoms with E-state index in [0.717, 1.165) is 5.69 Å². The molecule has 2 N–H and O–H groups in total. The van der Waals surface area contributed by atoms with E-state index in [1.807, 2.05) is 25.1 Å². The van der Waals surface area contributed by atoms with Gasteiger partial charge in [-0.1, -0.05) is 18.9 Å². The van der Waals surface area contributed by atoms with Gasteiger partial charge in [-0.3, -0.25) is 9.78 Å². The van der Waals surface area contributed by atoms with Gasteiger partial charge >= 0.3 is 0 Å². The van der Waals surface area contributed by atoms with Crippen molar-refractivity contribution in [2.24, 2.45) is 0 Å². The van der Waals surface area contributed by atoms with Crippen LogP contribution in [-0.2, 0) is 4.79 Å². The summed E-state index contributed by atoms with van der Waals surface area (Å²) in [5, 5.41) is 6.26. The van der Waals surface area contributed by atoms with Crippen molar-refractivity contribution >= 4 is 5.91 Å². The van der Waals surface area contributed by atoms with Crippen molar-refractivity contribution in [3.63, 3.8) is 0 Å². The number of nitrogens with zero attached hydrogens (tertiary/aromatic N) is 1. The summed E-state index contributed by atoms with van der Waals surface area (Å²) in [6, 6.07) is 6.22. The molecule has 2 rings (SSSR count). The summed E-state index contributed by atoms with van der Waals surface area (Å²) in [6.07, 6.45) is 6.70. The molecule has 0 spiro atoms. The fraction of sp³-hybridized carbons (Fsp3) is 0.571. The lowest BCUT2D eigenvalue weighted by atomic mass is 10.2. The number of hydrogen-bond donors (Lipinski definition) is 2. The lowest BCUT2D eigenvalue weighted by Crippen LogP contribution is -2.39. The number of hydrogen-bond acceptors (Lipinski definition) is 3. The zero-order chi connectivity index (χ0) is 12.8. The van der Waals surface area contributed by atoms with Gasteiger partial charge in [-0.05, 0) is 31.9 Å². The monoisotopic (exact) mass is 247 g/mol. The van der Waals surface area contributed by atoms with Crippen molar-refractivity contribution in [3.8, 4) is 0 Å².